The molecule has 0 atom stereocenters. The number of hydrogen-bond acceptors (Lipinski definition) is 5. The van der Waals surface area contributed by atoms with Crippen molar-refractivity contribution in [3.8, 4) is 11.3 Å². The van der Waals surface area contributed by atoms with Crippen LogP contribution in [0.25, 0.3) is 17.0 Å². The largest absolute Gasteiger partial charge is 0.375 e. The summed E-state index contributed by atoms with van der Waals surface area (Å²) in [6.45, 7) is 2.88. The molecule has 0 amide bonds. The lowest BCUT2D eigenvalue weighted by Crippen LogP contribution is -2.52. The Balaban J connectivity index is 1.54. The minimum absolute atomic E-state index is 0.146. The van der Waals surface area contributed by atoms with Gasteiger partial charge in [0.2, 0.25) is 0 Å². The molecule has 122 valence electrons. The van der Waals surface area contributed by atoms with Crippen molar-refractivity contribution in [2.45, 2.75) is 24.9 Å². The van der Waals surface area contributed by atoms with E-state index in [-0.39, 0.29) is 5.60 Å². The molecule has 6 heteroatoms. The Bertz CT molecular complexity index is 862. The molecule has 0 unspecified atom stereocenters. The highest BCUT2D eigenvalue weighted by atomic mass is 16.5. The van der Waals surface area contributed by atoms with Gasteiger partial charge in [0.1, 0.15) is 12.1 Å². The zero-order valence-electron chi connectivity index (χ0n) is 13.4. The Morgan fingerprint density at radius 2 is 1.83 bits per heavy atom. The summed E-state index contributed by atoms with van der Waals surface area (Å²) in [6, 6.07) is 12.4. The third-order valence-electron chi connectivity index (χ3n) is 5.27. The summed E-state index contributed by atoms with van der Waals surface area (Å²) in [5, 5.41) is 4.37. The second-order valence-electron chi connectivity index (χ2n) is 6.61. The first-order valence-electron chi connectivity index (χ1n) is 8.48. The molecule has 0 bridgehead atoms. The van der Waals surface area contributed by atoms with Crippen molar-refractivity contribution >= 4 is 11.6 Å². The number of anilines is 1. The number of fused-ring (bicyclic) bond motifs is 1. The summed E-state index contributed by atoms with van der Waals surface area (Å²) in [4.78, 5) is 11.3. The molecule has 0 N–H and O–H groups in total. The lowest BCUT2D eigenvalue weighted by Gasteiger charge is -2.48. The average Bonchev–Trinajstić information content (AvgIpc) is 3.09. The quantitative estimate of drug-likeness (QED) is 0.726. The van der Waals surface area contributed by atoms with Crippen LogP contribution in [0.3, 0.4) is 0 Å². The monoisotopic (exact) mass is 321 g/mol. The van der Waals surface area contributed by atoms with Crippen LogP contribution in [0.1, 0.15) is 19.3 Å². The van der Waals surface area contributed by atoms with Crippen LogP contribution < -0.4 is 4.90 Å². The molecule has 2 fully saturated rings. The first kappa shape index (κ1) is 13.9. The van der Waals surface area contributed by atoms with Gasteiger partial charge in [-0.05, 0) is 19.3 Å². The lowest BCUT2D eigenvalue weighted by molar-refractivity contribution is -0.158. The van der Waals surface area contributed by atoms with Crippen molar-refractivity contribution in [3.63, 3.8) is 0 Å². The summed E-state index contributed by atoms with van der Waals surface area (Å²) in [6.07, 6.45) is 4.92. The summed E-state index contributed by atoms with van der Waals surface area (Å²) in [7, 11) is 0. The molecule has 2 aliphatic rings. The van der Waals surface area contributed by atoms with Crippen LogP contribution in [0.15, 0.2) is 42.7 Å². The molecule has 2 aliphatic heterocycles. The molecule has 4 heterocycles. The first-order chi connectivity index (χ1) is 11.8. The Hall–Kier alpha value is -2.47. The Morgan fingerprint density at radius 3 is 2.54 bits per heavy atom. The number of hydrogen-bond donors (Lipinski definition) is 0. The minimum Gasteiger partial charge on any atom is -0.375 e. The topological polar surface area (TPSA) is 55.6 Å². The van der Waals surface area contributed by atoms with Gasteiger partial charge >= 0.3 is 0 Å². The summed E-state index contributed by atoms with van der Waals surface area (Å²) >= 11 is 0. The minimum atomic E-state index is 0.146. The van der Waals surface area contributed by atoms with E-state index in [0.29, 0.717) is 5.78 Å². The van der Waals surface area contributed by atoms with Gasteiger partial charge in [0.25, 0.3) is 5.78 Å². The van der Waals surface area contributed by atoms with Crippen molar-refractivity contribution < 1.29 is 4.74 Å². The van der Waals surface area contributed by atoms with Gasteiger partial charge in [-0.2, -0.15) is 14.6 Å². The molecule has 6 nitrogen and oxygen atoms in total. The smallest absolute Gasteiger partial charge is 0.254 e. The van der Waals surface area contributed by atoms with E-state index in [1.165, 1.54) is 6.42 Å². The standard InChI is InChI=1S/C18H19N5O/c1-2-4-14(5-3-1)15-12-16(23-17(21-15)19-13-20-23)22-9-6-18(7-10-22)8-11-24-18/h1-5,12-13H,6-11H2. The SMILES string of the molecule is c1ccc(-c2cc(N3CCC4(CCO4)CC3)n3ncnc3n2)cc1. The summed E-state index contributed by atoms with van der Waals surface area (Å²) in [5.41, 5.74) is 2.18. The third-order valence-corrected chi connectivity index (χ3v) is 5.27. The van der Waals surface area contributed by atoms with E-state index in [2.05, 4.69) is 38.2 Å². The first-order valence-corrected chi connectivity index (χ1v) is 8.48. The fraction of sp³-hybridized carbons (Fsp3) is 0.389. The second-order valence-corrected chi connectivity index (χ2v) is 6.61. The number of ether oxygens (including phenoxy) is 1. The number of piperidine rings is 1. The van der Waals surface area contributed by atoms with Gasteiger partial charge in [0, 0.05) is 24.7 Å². The van der Waals surface area contributed by atoms with E-state index in [1.807, 2.05) is 22.7 Å². The maximum atomic E-state index is 5.84. The average molecular weight is 321 g/mol. The van der Waals surface area contributed by atoms with Crippen molar-refractivity contribution in [3.05, 3.63) is 42.7 Å². The molecule has 1 spiro atoms. The van der Waals surface area contributed by atoms with Crippen molar-refractivity contribution in [2.24, 2.45) is 0 Å². The van der Waals surface area contributed by atoms with Crippen molar-refractivity contribution in [1.82, 2.24) is 19.6 Å². The van der Waals surface area contributed by atoms with Gasteiger partial charge in [-0.25, -0.2) is 4.98 Å². The molecule has 2 saturated heterocycles. The highest BCUT2D eigenvalue weighted by molar-refractivity contribution is 5.65. The normalized spacial score (nSPS) is 19.6. The molecule has 24 heavy (non-hydrogen) atoms. The van der Waals surface area contributed by atoms with Gasteiger partial charge in [0.15, 0.2) is 0 Å². The molecule has 0 radical (unpaired) electrons. The Labute approximate surface area is 140 Å². The van der Waals surface area contributed by atoms with E-state index in [0.717, 1.165) is 49.6 Å². The molecule has 2 aromatic heterocycles. The maximum absolute atomic E-state index is 5.84. The van der Waals surface area contributed by atoms with Crippen LogP contribution in [0.2, 0.25) is 0 Å². The van der Waals surface area contributed by atoms with Crippen LogP contribution in [-0.4, -0.2) is 44.9 Å². The fourth-order valence-corrected chi connectivity index (χ4v) is 3.71. The van der Waals surface area contributed by atoms with Gasteiger partial charge < -0.3 is 9.64 Å². The van der Waals surface area contributed by atoms with Gasteiger partial charge in [-0.15, -0.1) is 0 Å². The predicted molar refractivity (Wildman–Crippen MR) is 91.0 cm³/mol. The maximum Gasteiger partial charge on any atom is 0.254 e. The highest BCUT2D eigenvalue weighted by Gasteiger charge is 2.41. The molecule has 3 aromatic rings. The lowest BCUT2D eigenvalue weighted by atomic mass is 9.84. The molecule has 0 saturated carbocycles. The van der Waals surface area contributed by atoms with E-state index in [4.69, 9.17) is 4.74 Å². The highest BCUT2D eigenvalue weighted by Crippen LogP contribution is 2.38. The van der Waals surface area contributed by atoms with Gasteiger partial charge in [0.05, 0.1) is 17.9 Å². The van der Waals surface area contributed by atoms with Crippen LogP contribution >= 0.6 is 0 Å². The Kier molecular flexibility index (Phi) is 3.06. The number of aromatic nitrogens is 4. The molecule has 1 aromatic carbocycles. The van der Waals surface area contributed by atoms with Gasteiger partial charge in [-0.3, -0.25) is 0 Å². The van der Waals surface area contributed by atoms with E-state index in [1.54, 1.807) is 6.33 Å². The van der Waals surface area contributed by atoms with Crippen LogP contribution in [0.4, 0.5) is 5.82 Å². The molecule has 5 rings (SSSR count). The zero-order chi connectivity index (χ0) is 16.0. The predicted octanol–water partition coefficient (Wildman–Crippen LogP) is 2.55. The molecule has 0 aliphatic carbocycles. The Morgan fingerprint density at radius 1 is 1.04 bits per heavy atom. The van der Waals surface area contributed by atoms with Crippen molar-refractivity contribution in [2.75, 3.05) is 24.6 Å². The molecular formula is C18H19N5O. The van der Waals surface area contributed by atoms with E-state index in [9.17, 15) is 0 Å². The fourth-order valence-electron chi connectivity index (χ4n) is 3.71. The zero-order valence-corrected chi connectivity index (χ0v) is 13.4. The third kappa shape index (κ3) is 2.17. The van der Waals surface area contributed by atoms with Crippen molar-refractivity contribution in [1.29, 1.82) is 0 Å². The van der Waals surface area contributed by atoms with E-state index >= 15 is 0 Å². The van der Waals surface area contributed by atoms with Crippen LogP contribution in [0, 0.1) is 0 Å². The second kappa shape index (κ2) is 5.27. The summed E-state index contributed by atoms with van der Waals surface area (Å²) in [5.74, 6) is 1.71. The number of benzene rings is 1. The van der Waals surface area contributed by atoms with Crippen LogP contribution in [-0.2, 0) is 4.74 Å². The van der Waals surface area contributed by atoms with E-state index < -0.39 is 0 Å². The number of rotatable bonds is 2. The van der Waals surface area contributed by atoms with Crippen LogP contribution in [0.5, 0.6) is 0 Å². The number of nitrogens with zero attached hydrogens (tertiary/aromatic N) is 5. The molecular weight excluding hydrogens is 302 g/mol. The van der Waals surface area contributed by atoms with Gasteiger partial charge in [-0.1, -0.05) is 30.3 Å². The summed E-state index contributed by atoms with van der Waals surface area (Å²) < 4.78 is 7.67.